The van der Waals surface area contributed by atoms with Crippen LogP contribution in [0.2, 0.25) is 0 Å². The van der Waals surface area contributed by atoms with E-state index in [1.807, 2.05) is 0 Å². The molecule has 7 nitrogen and oxygen atoms in total. The lowest BCUT2D eigenvalue weighted by Gasteiger charge is -2.18. The number of hydrogen-bond acceptors (Lipinski definition) is 5. The zero-order chi connectivity index (χ0) is 46.7. The maximum absolute atomic E-state index is 12.9. The Hall–Kier alpha value is -3.45. The van der Waals surface area contributed by atoms with E-state index < -0.39 is 12.0 Å². The van der Waals surface area contributed by atoms with E-state index in [0.717, 1.165) is 109 Å². The Labute approximate surface area is 394 Å². The fraction of sp³-hybridized carbons (Fsp3) is 0.702. The maximum atomic E-state index is 12.9. The van der Waals surface area contributed by atoms with Crippen LogP contribution in [0.3, 0.4) is 0 Å². The zero-order valence-corrected chi connectivity index (χ0v) is 41.4. The number of nitrogens with two attached hydrogens (primary N) is 1. The van der Waals surface area contributed by atoms with E-state index in [9.17, 15) is 19.5 Å². The Balaban J connectivity index is 4.41. The molecule has 0 aromatic rings. The fourth-order valence-electron chi connectivity index (χ4n) is 7.56. The second kappa shape index (κ2) is 50.5. The van der Waals surface area contributed by atoms with Gasteiger partial charge in [-0.15, -0.1) is 0 Å². The van der Waals surface area contributed by atoms with Gasteiger partial charge in [-0.2, -0.15) is 0 Å². The highest BCUT2D eigenvalue weighted by atomic mass is 16.5. The first kappa shape index (κ1) is 60.5. The number of allylic oxidation sites excluding steroid dienone is 14. The molecule has 0 aliphatic rings. The number of hydrogen-bond donors (Lipinski definition) is 3. The minimum absolute atomic E-state index is 0.0228. The molecule has 0 aromatic carbocycles. The standard InChI is InChI=1S/C57H98N2O5/c1-3-5-7-9-11-13-15-17-19-20-21-22-23-24-25-26-28-30-32-34-36-41-45-51-56(61)64-53(47-42-38-35-33-31-29-27-18-16-14-12-10-8-6-4-2)48-43-39-37-40-44-50-55(60)59-54(57(62)63)49-46-52-58/h5,7,11,13,17,19,21-22,24-25,28,30,34,36,53-54H,3-4,6,8-10,12,14-16,18,20,23,26-27,29,31-33,35,37-52,58H2,1-2H3,(H,59,60)(H,62,63)/b7-5-,13-11-,19-17-,22-21-,25-24-,30-28-,36-34-. The summed E-state index contributed by atoms with van der Waals surface area (Å²) in [6.45, 7) is 4.84. The van der Waals surface area contributed by atoms with Crippen LogP contribution in [-0.2, 0) is 19.1 Å². The average Bonchev–Trinajstić information content (AvgIpc) is 3.28. The minimum atomic E-state index is -1.01. The smallest absolute Gasteiger partial charge is 0.326 e. The third-order valence-corrected chi connectivity index (χ3v) is 11.5. The topological polar surface area (TPSA) is 119 Å². The van der Waals surface area contributed by atoms with Gasteiger partial charge in [-0.3, -0.25) is 9.59 Å². The van der Waals surface area contributed by atoms with Gasteiger partial charge in [-0.1, -0.05) is 208 Å². The van der Waals surface area contributed by atoms with Crippen LogP contribution in [0.25, 0.3) is 0 Å². The van der Waals surface area contributed by atoms with Crippen molar-refractivity contribution < 1.29 is 24.2 Å². The second-order valence-corrected chi connectivity index (χ2v) is 17.6. The fourth-order valence-corrected chi connectivity index (χ4v) is 7.56. The molecular formula is C57H98N2O5. The molecule has 0 heterocycles. The van der Waals surface area contributed by atoms with E-state index in [0.29, 0.717) is 32.2 Å². The Morgan fingerprint density at radius 3 is 1.27 bits per heavy atom. The maximum Gasteiger partial charge on any atom is 0.326 e. The van der Waals surface area contributed by atoms with Crippen molar-refractivity contribution in [1.82, 2.24) is 5.32 Å². The van der Waals surface area contributed by atoms with Crippen LogP contribution in [0.5, 0.6) is 0 Å². The lowest BCUT2D eigenvalue weighted by Crippen LogP contribution is -2.40. The predicted molar refractivity (Wildman–Crippen MR) is 275 cm³/mol. The number of ether oxygens (including phenoxy) is 1. The molecule has 0 aromatic heterocycles. The summed E-state index contributed by atoms with van der Waals surface area (Å²) in [5, 5.41) is 12.0. The van der Waals surface area contributed by atoms with E-state index in [1.54, 1.807) is 0 Å². The zero-order valence-electron chi connectivity index (χ0n) is 41.4. The largest absolute Gasteiger partial charge is 0.480 e. The number of amides is 1. The SMILES string of the molecule is CC/C=C\C/C=C\C/C=C\C/C=C\C/C=C\C/C=C\C/C=C\CCCC(=O)OC(CCCCCCCCCCCCCCCCC)CCCCCCCC(=O)NC(CCCN)C(=O)O. The molecule has 0 rings (SSSR count). The molecule has 4 N–H and O–H groups in total. The summed E-state index contributed by atoms with van der Waals surface area (Å²) >= 11 is 0. The summed E-state index contributed by atoms with van der Waals surface area (Å²) in [7, 11) is 0. The predicted octanol–water partition coefficient (Wildman–Crippen LogP) is 16.0. The van der Waals surface area contributed by atoms with Gasteiger partial charge in [0.25, 0.3) is 0 Å². The van der Waals surface area contributed by atoms with E-state index in [4.69, 9.17) is 10.5 Å². The summed E-state index contributed by atoms with van der Waals surface area (Å²) in [6, 6.07) is -0.865. The van der Waals surface area contributed by atoms with Gasteiger partial charge in [0.05, 0.1) is 0 Å². The van der Waals surface area contributed by atoms with E-state index in [1.165, 1.54) is 89.9 Å². The van der Waals surface area contributed by atoms with Crippen LogP contribution < -0.4 is 11.1 Å². The van der Waals surface area contributed by atoms with Crippen molar-refractivity contribution in [2.75, 3.05) is 6.54 Å². The van der Waals surface area contributed by atoms with Crippen LogP contribution in [-0.4, -0.2) is 41.6 Å². The first-order chi connectivity index (χ1) is 31.4. The van der Waals surface area contributed by atoms with Crippen molar-refractivity contribution in [1.29, 1.82) is 0 Å². The number of unbranched alkanes of at least 4 members (excludes halogenated alkanes) is 19. The highest BCUT2D eigenvalue weighted by Crippen LogP contribution is 2.19. The number of carbonyl (C=O) groups excluding carboxylic acids is 2. The molecular weight excluding hydrogens is 793 g/mol. The summed E-state index contributed by atoms with van der Waals surface area (Å²) in [5.41, 5.74) is 5.50. The highest BCUT2D eigenvalue weighted by Gasteiger charge is 2.19. The summed E-state index contributed by atoms with van der Waals surface area (Å²) in [5.74, 6) is -1.29. The van der Waals surface area contributed by atoms with Crippen LogP contribution in [0.4, 0.5) is 0 Å². The molecule has 7 heteroatoms. The van der Waals surface area contributed by atoms with Crippen molar-refractivity contribution in [3.63, 3.8) is 0 Å². The van der Waals surface area contributed by atoms with Gasteiger partial charge in [0.1, 0.15) is 12.1 Å². The molecule has 0 saturated heterocycles. The average molecular weight is 891 g/mol. The summed E-state index contributed by atoms with van der Waals surface area (Å²) in [6.07, 6.45) is 67.8. The van der Waals surface area contributed by atoms with Crippen molar-refractivity contribution >= 4 is 17.8 Å². The van der Waals surface area contributed by atoms with Crippen LogP contribution in [0.1, 0.15) is 239 Å². The number of carboxylic acids is 1. The Bertz CT molecular complexity index is 1280. The molecule has 0 fully saturated rings. The third kappa shape index (κ3) is 46.5. The number of esters is 1. The van der Waals surface area contributed by atoms with Crippen molar-refractivity contribution in [2.24, 2.45) is 5.73 Å². The first-order valence-electron chi connectivity index (χ1n) is 26.4. The van der Waals surface area contributed by atoms with Gasteiger partial charge in [-0.05, 0) is 109 Å². The van der Waals surface area contributed by atoms with Gasteiger partial charge >= 0.3 is 11.9 Å². The van der Waals surface area contributed by atoms with Crippen LogP contribution >= 0.6 is 0 Å². The molecule has 0 aliphatic carbocycles. The normalized spacial score (nSPS) is 13.3. The van der Waals surface area contributed by atoms with Crippen LogP contribution in [0.15, 0.2) is 85.1 Å². The molecule has 1 amide bonds. The second-order valence-electron chi connectivity index (χ2n) is 17.6. The number of aliphatic carboxylic acids is 1. The highest BCUT2D eigenvalue weighted by molar-refractivity contribution is 5.83. The van der Waals surface area contributed by atoms with Gasteiger partial charge in [0.15, 0.2) is 0 Å². The Morgan fingerprint density at radius 2 is 0.859 bits per heavy atom. The van der Waals surface area contributed by atoms with Crippen molar-refractivity contribution in [2.45, 2.75) is 251 Å². The van der Waals surface area contributed by atoms with Crippen molar-refractivity contribution in [3.8, 4) is 0 Å². The van der Waals surface area contributed by atoms with E-state index in [-0.39, 0.29) is 18.0 Å². The molecule has 0 saturated carbocycles. The Kier molecular flexibility index (Phi) is 47.8. The van der Waals surface area contributed by atoms with Gasteiger partial charge in [0.2, 0.25) is 5.91 Å². The van der Waals surface area contributed by atoms with Crippen molar-refractivity contribution in [3.05, 3.63) is 85.1 Å². The first-order valence-corrected chi connectivity index (χ1v) is 26.4. The Morgan fingerprint density at radius 1 is 0.469 bits per heavy atom. The number of carbonyl (C=O) groups is 3. The molecule has 0 radical (unpaired) electrons. The quantitative estimate of drug-likeness (QED) is 0.0318. The molecule has 2 atom stereocenters. The van der Waals surface area contributed by atoms with Gasteiger partial charge < -0.3 is 20.9 Å². The number of carboxylic acid groups (broad SMARTS) is 1. The minimum Gasteiger partial charge on any atom is -0.480 e. The summed E-state index contributed by atoms with van der Waals surface area (Å²) in [4.78, 5) is 36.6. The van der Waals surface area contributed by atoms with E-state index in [2.05, 4.69) is 104 Å². The molecule has 366 valence electrons. The van der Waals surface area contributed by atoms with Gasteiger partial charge in [-0.25, -0.2) is 4.79 Å². The molecule has 0 aliphatic heterocycles. The summed E-state index contributed by atoms with van der Waals surface area (Å²) < 4.78 is 6.06. The molecule has 2 unspecified atom stereocenters. The lowest BCUT2D eigenvalue weighted by atomic mass is 10.0. The number of rotatable bonds is 47. The van der Waals surface area contributed by atoms with E-state index >= 15 is 0 Å². The number of nitrogens with one attached hydrogen (secondary N) is 1. The van der Waals surface area contributed by atoms with Gasteiger partial charge in [0, 0.05) is 12.8 Å². The molecule has 0 bridgehead atoms. The lowest BCUT2D eigenvalue weighted by molar-refractivity contribution is -0.150. The molecule has 64 heavy (non-hydrogen) atoms. The third-order valence-electron chi connectivity index (χ3n) is 11.5. The van der Waals surface area contributed by atoms with Crippen LogP contribution in [0, 0.1) is 0 Å². The molecule has 0 spiro atoms. The monoisotopic (exact) mass is 891 g/mol.